The summed E-state index contributed by atoms with van der Waals surface area (Å²) in [6, 6.07) is 2.85. The Hall–Kier alpha value is -2.67. The van der Waals surface area contributed by atoms with Crippen LogP contribution in [0.4, 0.5) is 4.39 Å². The quantitative estimate of drug-likeness (QED) is 0.833. The van der Waals surface area contributed by atoms with Gasteiger partial charge in [0.15, 0.2) is 6.79 Å². The van der Waals surface area contributed by atoms with Crippen LogP contribution in [0.5, 0.6) is 5.75 Å². The normalized spacial score (nSPS) is 13.5. The first-order valence-electron chi connectivity index (χ1n) is 8.43. The number of hydrogen-bond acceptors (Lipinski definition) is 4. The lowest BCUT2D eigenvalue weighted by atomic mass is 10.1. The number of aryl methyl sites for hydroxylation is 2. The van der Waals surface area contributed by atoms with Crippen molar-refractivity contribution in [1.82, 2.24) is 15.1 Å². The monoisotopic (exact) mass is 359 g/mol. The maximum Gasteiger partial charge on any atom is 0.244 e. The molecule has 1 N–H and O–H groups in total. The van der Waals surface area contributed by atoms with E-state index >= 15 is 0 Å². The maximum atomic E-state index is 13.7. The van der Waals surface area contributed by atoms with Crippen molar-refractivity contribution in [3.05, 3.63) is 52.1 Å². The number of benzene rings is 1. The van der Waals surface area contributed by atoms with Gasteiger partial charge < -0.3 is 14.8 Å². The fourth-order valence-electron chi connectivity index (χ4n) is 3.01. The van der Waals surface area contributed by atoms with Crippen molar-refractivity contribution < 1.29 is 18.7 Å². The zero-order chi connectivity index (χ0) is 18.7. The molecule has 1 aliphatic heterocycles. The lowest BCUT2D eigenvalue weighted by Crippen LogP contribution is -2.24. The van der Waals surface area contributed by atoms with E-state index in [-0.39, 0.29) is 18.5 Å². The zero-order valence-corrected chi connectivity index (χ0v) is 15.1. The summed E-state index contributed by atoms with van der Waals surface area (Å²) in [5.41, 5.74) is 4.24. The van der Waals surface area contributed by atoms with Gasteiger partial charge in [-0.05, 0) is 44.0 Å². The second-order valence-corrected chi connectivity index (χ2v) is 6.25. The third-order valence-corrected chi connectivity index (χ3v) is 4.41. The summed E-state index contributed by atoms with van der Waals surface area (Å²) < 4.78 is 26.1. The minimum atomic E-state index is -0.332. The summed E-state index contributed by atoms with van der Waals surface area (Å²) in [6.07, 6.45) is 3.73. The Kier molecular flexibility index (Phi) is 5.37. The summed E-state index contributed by atoms with van der Waals surface area (Å²) in [6.45, 7) is 4.73. The number of fused-ring (bicyclic) bond motifs is 1. The molecule has 138 valence electrons. The highest BCUT2D eigenvalue weighted by atomic mass is 19.1. The largest absolute Gasteiger partial charge is 0.467 e. The molecule has 0 spiro atoms. The highest BCUT2D eigenvalue weighted by Crippen LogP contribution is 2.29. The molecule has 2 heterocycles. The molecule has 1 aromatic heterocycles. The zero-order valence-electron chi connectivity index (χ0n) is 15.1. The van der Waals surface area contributed by atoms with Crippen LogP contribution in [0.2, 0.25) is 0 Å². The summed E-state index contributed by atoms with van der Waals surface area (Å²) in [7, 11) is 1.87. The van der Waals surface area contributed by atoms with Crippen molar-refractivity contribution in [2.45, 2.75) is 26.9 Å². The molecule has 6 nitrogen and oxygen atoms in total. The Bertz CT molecular complexity index is 858. The predicted octanol–water partition coefficient (Wildman–Crippen LogP) is 2.41. The fraction of sp³-hybridized carbons (Fsp3) is 0.368. The third kappa shape index (κ3) is 3.94. The molecular formula is C19H22FN3O3. The van der Waals surface area contributed by atoms with E-state index < -0.39 is 0 Å². The Balaban J connectivity index is 1.59. The van der Waals surface area contributed by atoms with Crippen LogP contribution in [0.15, 0.2) is 18.2 Å². The fourth-order valence-corrected chi connectivity index (χ4v) is 3.01. The van der Waals surface area contributed by atoms with Gasteiger partial charge in [-0.1, -0.05) is 0 Å². The summed E-state index contributed by atoms with van der Waals surface area (Å²) in [4.78, 5) is 12.0. The van der Waals surface area contributed by atoms with E-state index in [2.05, 4.69) is 10.4 Å². The lowest BCUT2D eigenvalue weighted by Gasteiger charge is -2.20. The van der Waals surface area contributed by atoms with Gasteiger partial charge in [-0.25, -0.2) is 4.39 Å². The number of hydrogen-bond donors (Lipinski definition) is 1. The van der Waals surface area contributed by atoms with E-state index in [0.717, 1.165) is 22.5 Å². The van der Waals surface area contributed by atoms with Gasteiger partial charge in [-0.15, -0.1) is 0 Å². The summed E-state index contributed by atoms with van der Waals surface area (Å²) >= 11 is 0. The van der Waals surface area contributed by atoms with Crippen LogP contribution >= 0.6 is 0 Å². The Morgan fingerprint density at radius 1 is 1.42 bits per heavy atom. The number of halogens is 1. The number of carbonyl (C=O) groups is 1. The maximum absolute atomic E-state index is 13.7. The number of amides is 1. The van der Waals surface area contributed by atoms with Crippen LogP contribution in [0, 0.1) is 19.7 Å². The van der Waals surface area contributed by atoms with Gasteiger partial charge >= 0.3 is 0 Å². The van der Waals surface area contributed by atoms with Gasteiger partial charge in [0.25, 0.3) is 0 Å². The first-order chi connectivity index (χ1) is 12.5. The van der Waals surface area contributed by atoms with Gasteiger partial charge in [0.1, 0.15) is 11.6 Å². The van der Waals surface area contributed by atoms with Crippen molar-refractivity contribution in [2.24, 2.45) is 7.05 Å². The minimum absolute atomic E-state index is 0.157. The first kappa shape index (κ1) is 18.1. The molecule has 0 atom stereocenters. The number of rotatable bonds is 5. The molecule has 26 heavy (non-hydrogen) atoms. The summed E-state index contributed by atoms with van der Waals surface area (Å²) in [5, 5.41) is 7.12. The molecule has 0 bridgehead atoms. The van der Waals surface area contributed by atoms with Gasteiger partial charge in [0.2, 0.25) is 5.91 Å². The van der Waals surface area contributed by atoms with E-state index in [1.54, 1.807) is 10.8 Å². The van der Waals surface area contributed by atoms with Gasteiger partial charge in [-0.3, -0.25) is 9.48 Å². The SMILES string of the molecule is Cc1nn(C)c(C)c1C=CC(=O)NCCc1cc(F)cc2c1OCOC2. The molecule has 0 radical (unpaired) electrons. The molecular weight excluding hydrogens is 337 g/mol. The minimum Gasteiger partial charge on any atom is -0.467 e. The van der Waals surface area contributed by atoms with Crippen LogP contribution < -0.4 is 10.1 Å². The molecule has 0 aliphatic carbocycles. The van der Waals surface area contributed by atoms with Crippen LogP contribution in [0.1, 0.15) is 28.1 Å². The predicted molar refractivity (Wildman–Crippen MR) is 95.1 cm³/mol. The van der Waals surface area contributed by atoms with Crippen molar-refractivity contribution in [2.75, 3.05) is 13.3 Å². The Morgan fingerprint density at radius 3 is 2.96 bits per heavy atom. The standard InChI is InChI=1S/C19H22FN3O3/c1-12-17(13(2)23(3)22-12)4-5-18(24)21-7-6-14-8-16(20)9-15-10-25-11-26-19(14)15/h4-5,8-9H,6-7,10-11H2,1-3H3,(H,21,24). The van der Waals surface area contributed by atoms with Crippen LogP contribution in [-0.4, -0.2) is 29.0 Å². The average molecular weight is 359 g/mol. The molecule has 0 fully saturated rings. The van der Waals surface area contributed by atoms with Crippen LogP contribution in [0.3, 0.4) is 0 Å². The van der Waals surface area contributed by atoms with E-state index in [4.69, 9.17) is 9.47 Å². The van der Waals surface area contributed by atoms with Crippen molar-refractivity contribution in [3.63, 3.8) is 0 Å². The molecule has 2 aromatic rings. The number of carbonyl (C=O) groups excluding carboxylic acids is 1. The van der Waals surface area contributed by atoms with E-state index in [1.807, 2.05) is 20.9 Å². The van der Waals surface area contributed by atoms with Gasteiger partial charge in [0, 0.05) is 36.5 Å². The Labute approximate surface area is 151 Å². The molecule has 0 saturated heterocycles. The molecule has 3 rings (SSSR count). The van der Waals surface area contributed by atoms with Crippen molar-refractivity contribution in [1.29, 1.82) is 0 Å². The second kappa shape index (κ2) is 7.70. The topological polar surface area (TPSA) is 65.4 Å². The third-order valence-electron chi connectivity index (χ3n) is 4.41. The molecule has 0 saturated carbocycles. The van der Waals surface area contributed by atoms with Crippen molar-refractivity contribution >= 4 is 12.0 Å². The van der Waals surface area contributed by atoms with E-state index in [1.165, 1.54) is 18.2 Å². The number of nitrogens with zero attached hydrogens (tertiary/aromatic N) is 2. The van der Waals surface area contributed by atoms with Crippen LogP contribution in [-0.2, 0) is 29.6 Å². The Morgan fingerprint density at radius 2 is 2.23 bits per heavy atom. The van der Waals surface area contributed by atoms with Crippen molar-refractivity contribution in [3.8, 4) is 5.75 Å². The molecule has 1 aromatic carbocycles. The van der Waals surface area contributed by atoms with E-state index in [0.29, 0.717) is 30.9 Å². The lowest BCUT2D eigenvalue weighted by molar-refractivity contribution is -0.116. The second-order valence-electron chi connectivity index (χ2n) is 6.25. The number of nitrogens with one attached hydrogen (secondary N) is 1. The molecule has 7 heteroatoms. The van der Waals surface area contributed by atoms with Crippen LogP contribution in [0.25, 0.3) is 6.08 Å². The highest BCUT2D eigenvalue weighted by Gasteiger charge is 2.16. The molecule has 1 amide bonds. The van der Waals surface area contributed by atoms with E-state index in [9.17, 15) is 9.18 Å². The number of ether oxygens (including phenoxy) is 2. The molecule has 1 aliphatic rings. The first-order valence-corrected chi connectivity index (χ1v) is 8.43. The molecule has 0 unspecified atom stereocenters. The number of aromatic nitrogens is 2. The van der Waals surface area contributed by atoms with Gasteiger partial charge in [0.05, 0.1) is 12.3 Å². The smallest absolute Gasteiger partial charge is 0.244 e. The average Bonchev–Trinajstić information content (AvgIpc) is 2.85. The van der Waals surface area contributed by atoms with Gasteiger partial charge in [-0.2, -0.15) is 5.10 Å². The highest BCUT2D eigenvalue weighted by molar-refractivity contribution is 5.92. The summed E-state index contributed by atoms with van der Waals surface area (Å²) in [5.74, 6) is 0.118.